The fraction of sp³-hybridized carbons (Fsp3) is 0.136. The van der Waals surface area contributed by atoms with Crippen molar-refractivity contribution < 1.29 is 17.6 Å². The minimum absolute atomic E-state index is 0.0635. The van der Waals surface area contributed by atoms with E-state index < -0.39 is 10.0 Å². The van der Waals surface area contributed by atoms with Gasteiger partial charge in [0.25, 0.3) is 5.91 Å². The standard InChI is InChI=1S/C22H21FN2O3S/c1-16-3-11-20(12-4-16)24-22(26)18-7-13-21(14-8-18)25(29(2,27)28)15-17-5-9-19(23)10-6-17/h3-14H,15H2,1-2H3,(H,24,26). The van der Waals surface area contributed by atoms with Gasteiger partial charge in [-0.2, -0.15) is 0 Å². The molecule has 3 aromatic rings. The topological polar surface area (TPSA) is 66.5 Å². The number of amides is 1. The van der Waals surface area contributed by atoms with Crippen LogP contribution in [0.15, 0.2) is 72.8 Å². The molecule has 0 heterocycles. The van der Waals surface area contributed by atoms with Gasteiger partial charge in [0, 0.05) is 11.3 Å². The Morgan fingerprint density at radius 2 is 1.52 bits per heavy atom. The highest BCUT2D eigenvalue weighted by Gasteiger charge is 2.18. The van der Waals surface area contributed by atoms with Gasteiger partial charge < -0.3 is 5.32 Å². The number of nitrogens with one attached hydrogen (secondary N) is 1. The van der Waals surface area contributed by atoms with Crippen LogP contribution in [0, 0.1) is 12.7 Å². The molecule has 5 nitrogen and oxygen atoms in total. The Morgan fingerprint density at radius 3 is 2.07 bits per heavy atom. The Morgan fingerprint density at radius 1 is 0.931 bits per heavy atom. The Bertz CT molecular complexity index is 1090. The number of hydrogen-bond donors (Lipinski definition) is 1. The summed E-state index contributed by atoms with van der Waals surface area (Å²) in [5.41, 5.74) is 3.25. The van der Waals surface area contributed by atoms with Gasteiger partial charge in [-0.05, 0) is 61.0 Å². The number of benzene rings is 3. The molecule has 0 aliphatic carbocycles. The van der Waals surface area contributed by atoms with Crippen LogP contribution in [0.5, 0.6) is 0 Å². The van der Waals surface area contributed by atoms with Crippen molar-refractivity contribution in [2.75, 3.05) is 15.9 Å². The van der Waals surface area contributed by atoms with Crippen LogP contribution in [0.3, 0.4) is 0 Å². The summed E-state index contributed by atoms with van der Waals surface area (Å²) in [7, 11) is -3.57. The molecule has 0 saturated heterocycles. The first-order valence-electron chi connectivity index (χ1n) is 8.92. The lowest BCUT2D eigenvalue weighted by Gasteiger charge is -2.22. The quantitative estimate of drug-likeness (QED) is 0.654. The second-order valence-corrected chi connectivity index (χ2v) is 8.67. The van der Waals surface area contributed by atoms with E-state index in [9.17, 15) is 17.6 Å². The van der Waals surface area contributed by atoms with Crippen molar-refractivity contribution in [2.24, 2.45) is 0 Å². The van der Waals surface area contributed by atoms with E-state index in [1.807, 2.05) is 31.2 Å². The zero-order valence-electron chi connectivity index (χ0n) is 16.1. The van der Waals surface area contributed by atoms with Crippen molar-refractivity contribution in [3.8, 4) is 0 Å². The maximum atomic E-state index is 13.1. The third kappa shape index (κ3) is 5.42. The highest BCUT2D eigenvalue weighted by Crippen LogP contribution is 2.22. The summed E-state index contributed by atoms with van der Waals surface area (Å²) in [6.07, 6.45) is 1.11. The average Bonchev–Trinajstić information content (AvgIpc) is 2.68. The van der Waals surface area contributed by atoms with E-state index in [1.54, 1.807) is 24.3 Å². The van der Waals surface area contributed by atoms with Crippen LogP contribution in [-0.2, 0) is 16.6 Å². The third-order valence-corrected chi connectivity index (χ3v) is 5.51. The van der Waals surface area contributed by atoms with Gasteiger partial charge in [0.05, 0.1) is 18.5 Å². The molecule has 0 atom stereocenters. The first-order valence-corrected chi connectivity index (χ1v) is 10.8. The van der Waals surface area contributed by atoms with Crippen LogP contribution in [0.1, 0.15) is 21.5 Å². The molecule has 0 aliphatic heterocycles. The first kappa shape index (κ1) is 20.5. The van der Waals surface area contributed by atoms with Gasteiger partial charge >= 0.3 is 0 Å². The highest BCUT2D eigenvalue weighted by molar-refractivity contribution is 7.92. The van der Waals surface area contributed by atoms with E-state index in [1.165, 1.54) is 28.6 Å². The van der Waals surface area contributed by atoms with Gasteiger partial charge in [0.1, 0.15) is 5.82 Å². The number of hydrogen-bond acceptors (Lipinski definition) is 3. The lowest BCUT2D eigenvalue weighted by atomic mass is 10.1. The van der Waals surface area contributed by atoms with Crippen molar-refractivity contribution >= 4 is 27.3 Å². The summed E-state index contributed by atoms with van der Waals surface area (Å²) < 4.78 is 38.8. The molecular weight excluding hydrogens is 391 g/mol. The molecule has 0 saturated carbocycles. The van der Waals surface area contributed by atoms with Crippen LogP contribution in [0.2, 0.25) is 0 Å². The molecule has 3 rings (SSSR count). The Balaban J connectivity index is 1.79. The molecule has 0 spiro atoms. The lowest BCUT2D eigenvalue weighted by molar-refractivity contribution is 0.102. The molecule has 7 heteroatoms. The van der Waals surface area contributed by atoms with Gasteiger partial charge in [-0.1, -0.05) is 29.8 Å². The molecule has 0 aromatic heterocycles. The molecule has 0 unspecified atom stereocenters. The molecule has 0 radical (unpaired) electrons. The number of nitrogens with zero attached hydrogens (tertiary/aromatic N) is 1. The minimum Gasteiger partial charge on any atom is -0.322 e. The second-order valence-electron chi connectivity index (χ2n) is 6.76. The SMILES string of the molecule is Cc1ccc(NC(=O)c2ccc(N(Cc3ccc(F)cc3)S(C)(=O)=O)cc2)cc1. The molecule has 0 bridgehead atoms. The molecule has 0 fully saturated rings. The van der Waals surface area contributed by atoms with Crippen molar-refractivity contribution in [3.63, 3.8) is 0 Å². The first-order chi connectivity index (χ1) is 13.7. The molecule has 1 N–H and O–H groups in total. The second kappa shape index (κ2) is 8.45. The maximum Gasteiger partial charge on any atom is 0.255 e. The van der Waals surface area contributed by atoms with Gasteiger partial charge in [0.15, 0.2) is 0 Å². The molecular formula is C22H21FN2O3S. The fourth-order valence-electron chi connectivity index (χ4n) is 2.77. The number of halogens is 1. The summed E-state index contributed by atoms with van der Waals surface area (Å²) in [4.78, 5) is 12.4. The van der Waals surface area contributed by atoms with E-state index in [4.69, 9.17) is 0 Å². The van der Waals surface area contributed by atoms with Crippen LogP contribution in [0.4, 0.5) is 15.8 Å². The van der Waals surface area contributed by atoms with Gasteiger partial charge in [0.2, 0.25) is 10.0 Å². The van der Waals surface area contributed by atoms with Gasteiger partial charge in [-0.25, -0.2) is 12.8 Å². The number of carbonyl (C=O) groups is 1. The lowest BCUT2D eigenvalue weighted by Crippen LogP contribution is -2.29. The largest absolute Gasteiger partial charge is 0.322 e. The number of anilines is 2. The Labute approximate surface area is 169 Å². The number of rotatable bonds is 6. The molecule has 3 aromatic carbocycles. The van der Waals surface area contributed by atoms with E-state index in [2.05, 4.69) is 5.32 Å². The van der Waals surface area contributed by atoms with E-state index >= 15 is 0 Å². The normalized spacial score (nSPS) is 11.1. The van der Waals surface area contributed by atoms with Crippen molar-refractivity contribution in [3.05, 3.63) is 95.3 Å². The van der Waals surface area contributed by atoms with E-state index in [-0.39, 0.29) is 18.3 Å². The molecule has 150 valence electrons. The van der Waals surface area contributed by atoms with E-state index in [0.717, 1.165) is 11.8 Å². The fourth-order valence-corrected chi connectivity index (χ4v) is 3.66. The zero-order valence-corrected chi connectivity index (χ0v) is 16.9. The Hall–Kier alpha value is -3.19. The van der Waals surface area contributed by atoms with Gasteiger partial charge in [-0.15, -0.1) is 0 Å². The van der Waals surface area contributed by atoms with Crippen molar-refractivity contribution in [2.45, 2.75) is 13.5 Å². The predicted octanol–water partition coefficient (Wildman–Crippen LogP) is 4.35. The summed E-state index contributed by atoms with van der Waals surface area (Å²) in [6.45, 7) is 2.03. The highest BCUT2D eigenvalue weighted by atomic mass is 32.2. The summed E-state index contributed by atoms with van der Waals surface area (Å²) in [5.74, 6) is -0.673. The minimum atomic E-state index is -3.57. The predicted molar refractivity (Wildman–Crippen MR) is 113 cm³/mol. The molecule has 29 heavy (non-hydrogen) atoms. The average molecular weight is 412 g/mol. The maximum absolute atomic E-state index is 13.1. The number of aryl methyl sites for hydroxylation is 1. The number of carbonyl (C=O) groups excluding carboxylic acids is 1. The number of sulfonamides is 1. The van der Waals surface area contributed by atoms with Crippen molar-refractivity contribution in [1.29, 1.82) is 0 Å². The Kier molecular flexibility index (Phi) is 5.98. The summed E-state index contributed by atoms with van der Waals surface area (Å²) in [6, 6.07) is 19.4. The zero-order chi connectivity index (χ0) is 21.0. The van der Waals surface area contributed by atoms with Crippen LogP contribution in [-0.4, -0.2) is 20.6 Å². The third-order valence-electron chi connectivity index (χ3n) is 4.37. The summed E-state index contributed by atoms with van der Waals surface area (Å²) in [5, 5.41) is 2.80. The van der Waals surface area contributed by atoms with Crippen LogP contribution >= 0.6 is 0 Å². The van der Waals surface area contributed by atoms with Crippen LogP contribution < -0.4 is 9.62 Å². The molecule has 0 aliphatic rings. The smallest absolute Gasteiger partial charge is 0.255 e. The van der Waals surface area contributed by atoms with Gasteiger partial charge in [-0.3, -0.25) is 9.10 Å². The monoisotopic (exact) mass is 412 g/mol. The van der Waals surface area contributed by atoms with Crippen molar-refractivity contribution in [1.82, 2.24) is 0 Å². The summed E-state index contributed by atoms with van der Waals surface area (Å²) >= 11 is 0. The van der Waals surface area contributed by atoms with E-state index in [0.29, 0.717) is 22.5 Å². The van der Waals surface area contributed by atoms with Crippen LogP contribution in [0.25, 0.3) is 0 Å². The molecule has 1 amide bonds.